The van der Waals surface area contributed by atoms with Crippen molar-refractivity contribution < 1.29 is 17.9 Å². The average Bonchev–Trinajstić information content (AvgIpc) is 2.91. The Bertz CT molecular complexity index is 731. The molecule has 0 aliphatic heterocycles. The Kier molecular flexibility index (Phi) is 4.21. The summed E-state index contributed by atoms with van der Waals surface area (Å²) in [6.45, 7) is 0. The van der Waals surface area contributed by atoms with Gasteiger partial charge in [-0.3, -0.25) is 4.79 Å². The zero-order chi connectivity index (χ0) is 14.8. The average molecular weight is 334 g/mol. The third-order valence-electron chi connectivity index (χ3n) is 2.27. The molecular weight excluding hydrogens is 326 g/mol. The lowest BCUT2D eigenvalue weighted by Gasteiger charge is -2.08. The number of rotatable bonds is 4. The number of carbonyl (C=O) groups excluding carboxylic acids is 1. The number of carbonyl (C=O) groups is 1. The molecule has 1 amide bonds. The van der Waals surface area contributed by atoms with Crippen LogP contribution in [0.5, 0.6) is 5.75 Å². The summed E-state index contributed by atoms with van der Waals surface area (Å²) in [7, 11) is 2.65. The Hall–Kier alpha value is -1.71. The molecule has 1 N–H and O–H groups in total. The number of nitrogens with zero attached hydrogens (tertiary/aromatic N) is 2. The molecule has 10 heteroatoms. The lowest BCUT2D eigenvalue weighted by molar-refractivity contribution is 0.103. The second-order valence-corrected chi connectivity index (χ2v) is 6.86. The maximum atomic E-state index is 11.8. The van der Waals surface area contributed by atoms with Gasteiger partial charge in [0.2, 0.25) is 0 Å². The third-order valence-corrected chi connectivity index (χ3v) is 4.28. The van der Waals surface area contributed by atoms with Crippen molar-refractivity contribution in [3.63, 3.8) is 0 Å². The summed E-state index contributed by atoms with van der Waals surface area (Å²) in [5.41, 5.74) is 0.267. The minimum Gasteiger partial charge on any atom is -0.495 e. The van der Waals surface area contributed by atoms with Crippen LogP contribution in [0.3, 0.4) is 0 Å². The van der Waals surface area contributed by atoms with Crippen LogP contribution in [0, 0.1) is 0 Å². The van der Waals surface area contributed by atoms with E-state index in [-0.39, 0.29) is 16.3 Å². The molecule has 0 aliphatic carbocycles. The zero-order valence-electron chi connectivity index (χ0n) is 10.0. The quantitative estimate of drug-likeness (QED) is 0.855. The highest BCUT2D eigenvalue weighted by Crippen LogP contribution is 2.29. The van der Waals surface area contributed by atoms with Crippen molar-refractivity contribution in [2.45, 2.75) is 4.90 Å². The smallest absolute Gasteiger partial charge is 0.269 e. The van der Waals surface area contributed by atoms with Gasteiger partial charge in [0.15, 0.2) is 0 Å². The zero-order valence-corrected chi connectivity index (χ0v) is 12.4. The van der Waals surface area contributed by atoms with Crippen LogP contribution in [0.1, 0.15) is 9.67 Å². The van der Waals surface area contributed by atoms with Gasteiger partial charge in [-0.2, -0.15) is 0 Å². The number of hydrogen-bond acceptors (Lipinski definition) is 7. The molecule has 0 spiro atoms. The van der Waals surface area contributed by atoms with Crippen LogP contribution in [0.2, 0.25) is 0 Å². The number of amides is 1. The Labute approximate surface area is 123 Å². The van der Waals surface area contributed by atoms with Crippen molar-refractivity contribution in [3.05, 3.63) is 29.3 Å². The fourth-order valence-electron chi connectivity index (χ4n) is 1.40. The summed E-state index contributed by atoms with van der Waals surface area (Å²) in [6, 6.07) is 4.11. The van der Waals surface area contributed by atoms with Crippen molar-refractivity contribution in [2.24, 2.45) is 0 Å². The van der Waals surface area contributed by atoms with Crippen LogP contribution < -0.4 is 10.1 Å². The van der Waals surface area contributed by atoms with E-state index in [1.165, 1.54) is 31.5 Å². The second-order valence-electron chi connectivity index (χ2n) is 3.54. The van der Waals surface area contributed by atoms with E-state index in [1.807, 2.05) is 0 Å². The molecule has 1 heterocycles. The largest absolute Gasteiger partial charge is 0.495 e. The number of benzene rings is 1. The van der Waals surface area contributed by atoms with Crippen LogP contribution in [-0.2, 0) is 9.05 Å². The molecule has 0 fully saturated rings. The fraction of sp³-hybridized carbons (Fsp3) is 0.100. The number of aromatic nitrogens is 2. The highest BCUT2D eigenvalue weighted by atomic mass is 35.7. The van der Waals surface area contributed by atoms with Crippen LogP contribution in [0.4, 0.5) is 5.69 Å². The number of ether oxygens (including phenoxy) is 1. The van der Waals surface area contributed by atoms with E-state index in [0.717, 1.165) is 11.5 Å². The van der Waals surface area contributed by atoms with Gasteiger partial charge in [-0.1, -0.05) is 4.49 Å². The van der Waals surface area contributed by atoms with Crippen molar-refractivity contribution in [1.29, 1.82) is 0 Å². The predicted octanol–water partition coefficient (Wildman–Crippen LogP) is 1.73. The number of hydrogen-bond donors (Lipinski definition) is 1. The summed E-state index contributed by atoms with van der Waals surface area (Å²) >= 11 is 0.926. The number of anilines is 1. The van der Waals surface area contributed by atoms with Gasteiger partial charge in [0.1, 0.15) is 15.5 Å². The summed E-state index contributed by atoms with van der Waals surface area (Å²) < 4.78 is 31.3. The summed E-state index contributed by atoms with van der Waals surface area (Å²) in [4.78, 5) is 11.9. The molecule has 2 aromatic rings. The normalized spacial score (nSPS) is 11.1. The van der Waals surface area contributed by atoms with E-state index >= 15 is 0 Å². The first kappa shape index (κ1) is 14.7. The minimum atomic E-state index is -3.98. The molecule has 20 heavy (non-hydrogen) atoms. The van der Waals surface area contributed by atoms with Gasteiger partial charge in [0.25, 0.3) is 15.0 Å². The van der Waals surface area contributed by atoms with E-state index in [4.69, 9.17) is 15.4 Å². The molecule has 0 aliphatic rings. The molecular formula is C10H8ClN3O4S2. The molecule has 0 saturated heterocycles. The first-order valence-corrected chi connectivity index (χ1v) is 8.21. The van der Waals surface area contributed by atoms with Gasteiger partial charge in [-0.25, -0.2) is 8.42 Å². The first-order valence-electron chi connectivity index (χ1n) is 5.13. The molecule has 0 radical (unpaired) electrons. The van der Waals surface area contributed by atoms with E-state index in [1.54, 1.807) is 0 Å². The Morgan fingerprint density at radius 3 is 2.75 bits per heavy atom. The van der Waals surface area contributed by atoms with Gasteiger partial charge in [0.05, 0.1) is 13.3 Å². The van der Waals surface area contributed by atoms with E-state index in [9.17, 15) is 13.2 Å². The Morgan fingerprint density at radius 1 is 1.45 bits per heavy atom. The maximum Gasteiger partial charge on any atom is 0.269 e. The first-order chi connectivity index (χ1) is 9.41. The molecule has 0 atom stereocenters. The summed E-state index contributed by atoms with van der Waals surface area (Å²) in [6.07, 6.45) is 1.31. The molecule has 0 saturated carbocycles. The third kappa shape index (κ3) is 3.24. The standard InChI is InChI=1S/C10H8ClN3O4S2/c1-18-7-3-2-6(4-9(7)20(11,16)17)13-10(15)8-5-12-14-19-8/h2-5H,1H3,(H,13,15). The van der Waals surface area contributed by atoms with Gasteiger partial charge >= 0.3 is 0 Å². The second kappa shape index (κ2) is 5.73. The lowest BCUT2D eigenvalue weighted by Crippen LogP contribution is -2.10. The molecule has 7 nitrogen and oxygen atoms in total. The Morgan fingerprint density at radius 2 is 2.20 bits per heavy atom. The topological polar surface area (TPSA) is 98.2 Å². The van der Waals surface area contributed by atoms with Crippen molar-refractivity contribution in [3.8, 4) is 5.75 Å². The fourth-order valence-corrected chi connectivity index (χ4v) is 2.84. The van der Waals surface area contributed by atoms with Crippen molar-refractivity contribution in [2.75, 3.05) is 12.4 Å². The van der Waals surface area contributed by atoms with Crippen LogP contribution >= 0.6 is 22.2 Å². The van der Waals surface area contributed by atoms with E-state index in [2.05, 4.69) is 14.9 Å². The van der Waals surface area contributed by atoms with Crippen molar-refractivity contribution in [1.82, 2.24) is 9.59 Å². The van der Waals surface area contributed by atoms with E-state index in [0.29, 0.717) is 4.88 Å². The molecule has 106 valence electrons. The van der Waals surface area contributed by atoms with Crippen molar-refractivity contribution >= 4 is 42.9 Å². The molecule has 1 aromatic carbocycles. The van der Waals surface area contributed by atoms with Crippen LogP contribution in [-0.4, -0.2) is 31.0 Å². The molecule has 2 rings (SSSR count). The molecule has 0 bridgehead atoms. The molecule has 0 unspecified atom stereocenters. The predicted molar refractivity (Wildman–Crippen MR) is 73.9 cm³/mol. The summed E-state index contributed by atoms with van der Waals surface area (Å²) in [5.74, 6) is -0.347. The van der Waals surface area contributed by atoms with Crippen LogP contribution in [0.15, 0.2) is 29.3 Å². The maximum absolute atomic E-state index is 11.8. The SMILES string of the molecule is COc1ccc(NC(=O)c2cnns2)cc1S(=O)(=O)Cl. The van der Waals surface area contributed by atoms with E-state index < -0.39 is 15.0 Å². The lowest BCUT2D eigenvalue weighted by atomic mass is 10.3. The highest BCUT2D eigenvalue weighted by molar-refractivity contribution is 8.13. The number of halogens is 1. The minimum absolute atomic E-state index is 0.0949. The van der Waals surface area contributed by atoms with Gasteiger partial charge in [-0.15, -0.1) is 5.10 Å². The van der Waals surface area contributed by atoms with Crippen LogP contribution in [0.25, 0.3) is 0 Å². The molecule has 1 aromatic heterocycles. The van der Waals surface area contributed by atoms with Gasteiger partial charge < -0.3 is 10.1 Å². The van der Waals surface area contributed by atoms with Gasteiger partial charge in [0, 0.05) is 16.4 Å². The van der Waals surface area contributed by atoms with Gasteiger partial charge in [-0.05, 0) is 29.7 Å². The Balaban J connectivity index is 2.33. The number of methoxy groups -OCH3 is 1. The highest BCUT2D eigenvalue weighted by Gasteiger charge is 2.18. The summed E-state index contributed by atoms with van der Waals surface area (Å²) in [5, 5.41) is 6.06. The monoisotopic (exact) mass is 333 g/mol. The number of nitrogens with one attached hydrogen (secondary N) is 1.